The number of halogens is 2. The van der Waals surface area contributed by atoms with Crippen LogP contribution in [0.1, 0.15) is 12.8 Å². The molecule has 4 rings (SSSR count). The molecule has 1 aromatic carbocycles. The summed E-state index contributed by atoms with van der Waals surface area (Å²) < 4.78 is 37.8. The Morgan fingerprint density at radius 1 is 1.22 bits per heavy atom. The molecule has 1 saturated carbocycles. The first-order valence-corrected chi connectivity index (χ1v) is 9.02. The summed E-state index contributed by atoms with van der Waals surface area (Å²) in [7, 11) is 0. The van der Waals surface area contributed by atoms with E-state index < -0.39 is 11.6 Å². The summed E-state index contributed by atoms with van der Waals surface area (Å²) in [5.41, 5.74) is 0. The highest BCUT2D eigenvalue weighted by Crippen LogP contribution is 2.40. The van der Waals surface area contributed by atoms with Gasteiger partial charge in [-0.25, -0.2) is 8.78 Å². The molecule has 1 amide bonds. The third-order valence-corrected chi connectivity index (χ3v) is 5.31. The van der Waals surface area contributed by atoms with E-state index in [2.05, 4.69) is 4.98 Å². The molecule has 5 nitrogen and oxygen atoms in total. The molecule has 0 unspecified atom stereocenters. The fraction of sp³-hybridized carbons (Fsp3) is 0.400. The molecule has 7 heteroatoms. The van der Waals surface area contributed by atoms with Crippen LogP contribution in [0.5, 0.6) is 11.5 Å². The molecule has 27 heavy (non-hydrogen) atoms. The second-order valence-electron chi connectivity index (χ2n) is 7.01. The van der Waals surface area contributed by atoms with E-state index in [1.54, 1.807) is 17.3 Å². The number of fused-ring (bicyclic) bond motifs is 1. The average molecular weight is 374 g/mol. The maximum absolute atomic E-state index is 13.6. The van der Waals surface area contributed by atoms with Gasteiger partial charge in [-0.3, -0.25) is 9.78 Å². The molecule has 0 radical (unpaired) electrons. The Hall–Kier alpha value is -2.70. The summed E-state index contributed by atoms with van der Waals surface area (Å²) in [5.74, 6) is -0.405. The number of amides is 1. The van der Waals surface area contributed by atoms with Gasteiger partial charge in [0.05, 0.1) is 6.20 Å². The monoisotopic (exact) mass is 374 g/mol. The van der Waals surface area contributed by atoms with Crippen molar-refractivity contribution < 1.29 is 23.0 Å². The fourth-order valence-electron chi connectivity index (χ4n) is 3.98. The molecule has 0 N–H and O–H groups in total. The normalized spacial score (nSPS) is 23.9. The van der Waals surface area contributed by atoms with Crippen molar-refractivity contribution >= 4 is 5.91 Å². The number of nitrogens with zero attached hydrogens (tertiary/aromatic N) is 2. The van der Waals surface area contributed by atoms with Crippen LogP contribution in [-0.2, 0) is 4.79 Å². The van der Waals surface area contributed by atoms with Crippen molar-refractivity contribution in [2.24, 2.45) is 11.8 Å². The molecule has 1 aliphatic carbocycles. The van der Waals surface area contributed by atoms with Crippen LogP contribution in [-0.4, -0.2) is 41.6 Å². The fourth-order valence-corrected chi connectivity index (χ4v) is 3.98. The van der Waals surface area contributed by atoms with Crippen molar-refractivity contribution in [1.29, 1.82) is 0 Å². The third kappa shape index (κ3) is 3.86. The molecule has 1 aliphatic heterocycles. The topological polar surface area (TPSA) is 51.7 Å². The van der Waals surface area contributed by atoms with Crippen molar-refractivity contribution in [3.8, 4) is 11.5 Å². The lowest BCUT2D eigenvalue weighted by atomic mass is 9.99. The molecule has 2 aliphatic rings. The predicted molar refractivity (Wildman–Crippen MR) is 93.3 cm³/mol. The Morgan fingerprint density at radius 3 is 2.89 bits per heavy atom. The van der Waals surface area contributed by atoms with Crippen LogP contribution in [0.15, 0.2) is 42.7 Å². The summed E-state index contributed by atoms with van der Waals surface area (Å²) in [6, 6.07) is 6.74. The maximum Gasteiger partial charge on any atom is 0.260 e. The number of ether oxygens (including phenoxy) is 2. The number of carbonyl (C=O) groups excluding carboxylic acids is 1. The third-order valence-electron chi connectivity index (χ3n) is 5.31. The molecule has 2 heterocycles. The second kappa shape index (κ2) is 7.50. The predicted octanol–water partition coefficient (Wildman–Crippen LogP) is 3.05. The largest absolute Gasteiger partial charge is 0.488 e. The van der Waals surface area contributed by atoms with Crippen LogP contribution in [0.25, 0.3) is 0 Å². The van der Waals surface area contributed by atoms with Gasteiger partial charge in [-0.2, -0.15) is 0 Å². The van der Waals surface area contributed by atoms with Crippen LogP contribution in [0, 0.1) is 23.5 Å². The molecule has 2 fully saturated rings. The van der Waals surface area contributed by atoms with Gasteiger partial charge in [0, 0.05) is 31.3 Å². The number of aromatic nitrogens is 1. The zero-order valence-electron chi connectivity index (χ0n) is 14.7. The van der Waals surface area contributed by atoms with Gasteiger partial charge >= 0.3 is 0 Å². The quantitative estimate of drug-likeness (QED) is 0.807. The molecule has 0 spiro atoms. The van der Waals surface area contributed by atoms with E-state index in [-0.39, 0.29) is 30.3 Å². The van der Waals surface area contributed by atoms with E-state index in [0.29, 0.717) is 19.0 Å². The highest BCUT2D eigenvalue weighted by molar-refractivity contribution is 5.78. The van der Waals surface area contributed by atoms with Crippen LogP contribution in [0.3, 0.4) is 0 Å². The van der Waals surface area contributed by atoms with Crippen LogP contribution in [0.4, 0.5) is 8.78 Å². The number of carbonyl (C=O) groups is 1. The van der Waals surface area contributed by atoms with Gasteiger partial charge in [-0.15, -0.1) is 0 Å². The number of hydrogen-bond donors (Lipinski definition) is 0. The van der Waals surface area contributed by atoms with E-state index in [4.69, 9.17) is 9.47 Å². The SMILES string of the molecule is O=C(COc1ccc(F)cc1F)N1C[C@H]2CC[C@H](Oc3cccnc3)[C@H]2C1. The van der Waals surface area contributed by atoms with Gasteiger partial charge in [0.1, 0.15) is 17.7 Å². The molecule has 1 aromatic heterocycles. The van der Waals surface area contributed by atoms with Gasteiger partial charge in [-0.1, -0.05) is 0 Å². The first kappa shape index (κ1) is 17.7. The van der Waals surface area contributed by atoms with Gasteiger partial charge in [-0.05, 0) is 43.0 Å². The molecule has 2 aromatic rings. The maximum atomic E-state index is 13.6. The molecule has 3 atom stereocenters. The highest BCUT2D eigenvalue weighted by Gasteiger charge is 2.45. The van der Waals surface area contributed by atoms with E-state index in [9.17, 15) is 13.6 Å². The minimum atomic E-state index is -0.814. The first-order chi connectivity index (χ1) is 13.1. The van der Waals surface area contributed by atoms with Gasteiger partial charge in [0.25, 0.3) is 5.91 Å². The Morgan fingerprint density at radius 2 is 2.11 bits per heavy atom. The van der Waals surface area contributed by atoms with Crippen molar-refractivity contribution in [1.82, 2.24) is 9.88 Å². The molecular weight excluding hydrogens is 354 g/mol. The lowest BCUT2D eigenvalue weighted by Gasteiger charge is -2.22. The van der Waals surface area contributed by atoms with Crippen LogP contribution in [0.2, 0.25) is 0 Å². The van der Waals surface area contributed by atoms with Gasteiger partial charge < -0.3 is 14.4 Å². The van der Waals surface area contributed by atoms with E-state index in [1.165, 1.54) is 6.07 Å². The standard InChI is InChI=1S/C20H20F2N2O3/c21-14-4-6-19(17(22)8-14)26-12-20(25)24-10-13-3-5-18(16(13)11-24)27-15-2-1-7-23-9-15/h1-2,4,6-9,13,16,18H,3,5,10-12H2/t13-,16+,18+/m1/s1. The lowest BCUT2D eigenvalue weighted by Crippen LogP contribution is -2.35. The number of benzene rings is 1. The van der Waals surface area contributed by atoms with Crippen molar-refractivity contribution in [2.45, 2.75) is 18.9 Å². The van der Waals surface area contributed by atoms with Gasteiger partial charge in [0.2, 0.25) is 0 Å². The Kier molecular flexibility index (Phi) is 4.92. The minimum Gasteiger partial charge on any atom is -0.488 e. The van der Waals surface area contributed by atoms with E-state index in [0.717, 1.165) is 30.7 Å². The second-order valence-corrected chi connectivity index (χ2v) is 7.01. The van der Waals surface area contributed by atoms with Crippen LogP contribution >= 0.6 is 0 Å². The number of rotatable bonds is 5. The summed E-state index contributed by atoms with van der Waals surface area (Å²) in [6.07, 6.45) is 5.42. The average Bonchev–Trinajstić information content (AvgIpc) is 3.24. The molecule has 1 saturated heterocycles. The molecular formula is C20H20F2N2O3. The summed E-state index contributed by atoms with van der Waals surface area (Å²) in [6.45, 7) is 0.992. The Labute approximate surface area is 155 Å². The zero-order valence-corrected chi connectivity index (χ0v) is 14.7. The summed E-state index contributed by atoms with van der Waals surface area (Å²) in [5, 5.41) is 0. The summed E-state index contributed by atoms with van der Waals surface area (Å²) in [4.78, 5) is 18.3. The van der Waals surface area contributed by atoms with Crippen molar-refractivity contribution in [3.05, 3.63) is 54.4 Å². The Bertz CT molecular complexity index is 818. The summed E-state index contributed by atoms with van der Waals surface area (Å²) >= 11 is 0. The number of hydrogen-bond acceptors (Lipinski definition) is 4. The first-order valence-electron chi connectivity index (χ1n) is 9.02. The smallest absolute Gasteiger partial charge is 0.260 e. The Balaban J connectivity index is 1.33. The van der Waals surface area contributed by atoms with Crippen LogP contribution < -0.4 is 9.47 Å². The van der Waals surface area contributed by atoms with Gasteiger partial charge in [0.15, 0.2) is 18.2 Å². The molecule has 0 bridgehead atoms. The number of pyridine rings is 1. The minimum absolute atomic E-state index is 0.0625. The zero-order chi connectivity index (χ0) is 18.8. The lowest BCUT2D eigenvalue weighted by molar-refractivity contribution is -0.132. The van der Waals surface area contributed by atoms with Crippen molar-refractivity contribution in [2.75, 3.05) is 19.7 Å². The highest BCUT2D eigenvalue weighted by atomic mass is 19.1. The van der Waals surface area contributed by atoms with E-state index in [1.807, 2.05) is 12.1 Å². The number of likely N-dealkylation sites (tertiary alicyclic amines) is 1. The van der Waals surface area contributed by atoms with E-state index >= 15 is 0 Å². The molecule has 142 valence electrons. The van der Waals surface area contributed by atoms with Crippen molar-refractivity contribution in [3.63, 3.8) is 0 Å².